The lowest BCUT2D eigenvalue weighted by atomic mass is 9.80. The summed E-state index contributed by atoms with van der Waals surface area (Å²) in [6.07, 6.45) is 7.21. The maximum Gasteiger partial charge on any atom is 0.270 e. The number of nitrogens with one attached hydrogen (secondary N) is 1. The van der Waals surface area contributed by atoms with Crippen molar-refractivity contribution in [1.82, 2.24) is 14.7 Å². The molecule has 144 valence electrons. The van der Waals surface area contributed by atoms with Crippen LogP contribution in [-0.4, -0.2) is 21.4 Å². The normalized spacial score (nSPS) is 18.6. The first kappa shape index (κ1) is 17.3. The number of aryl methyl sites for hydroxylation is 2. The minimum absolute atomic E-state index is 0.0975. The Hall–Kier alpha value is -2.82. The van der Waals surface area contributed by atoms with Gasteiger partial charge in [-0.2, -0.15) is 0 Å². The molecule has 1 aliphatic carbocycles. The molecule has 3 aromatic rings. The Kier molecular flexibility index (Phi) is 4.11. The molecule has 1 fully saturated rings. The van der Waals surface area contributed by atoms with E-state index in [2.05, 4.69) is 22.4 Å². The van der Waals surface area contributed by atoms with Crippen LogP contribution in [0.25, 0.3) is 5.65 Å². The van der Waals surface area contributed by atoms with E-state index in [9.17, 15) is 4.79 Å². The Morgan fingerprint density at radius 3 is 2.89 bits per heavy atom. The van der Waals surface area contributed by atoms with Crippen LogP contribution in [0.1, 0.15) is 52.1 Å². The van der Waals surface area contributed by atoms with Gasteiger partial charge in [0.15, 0.2) is 0 Å². The number of rotatable bonds is 4. The zero-order valence-corrected chi connectivity index (χ0v) is 16.4. The van der Waals surface area contributed by atoms with Crippen molar-refractivity contribution in [2.24, 2.45) is 5.92 Å². The Morgan fingerprint density at radius 2 is 2.11 bits per heavy atom. The van der Waals surface area contributed by atoms with Crippen molar-refractivity contribution in [1.29, 1.82) is 0 Å². The SMILES string of the molecule is Cc1ccc2nc(C)c(C(=O)NCc3ccc4c(c3)CC(C3CCC3)O4)n2c1. The summed E-state index contributed by atoms with van der Waals surface area (Å²) >= 11 is 0. The van der Waals surface area contributed by atoms with Crippen LogP contribution in [0.15, 0.2) is 36.5 Å². The van der Waals surface area contributed by atoms with Gasteiger partial charge < -0.3 is 10.1 Å². The molecular formula is C23H25N3O2. The molecule has 0 bridgehead atoms. The highest BCUT2D eigenvalue weighted by atomic mass is 16.5. The highest BCUT2D eigenvalue weighted by Crippen LogP contribution is 2.39. The molecule has 5 heteroatoms. The minimum Gasteiger partial charge on any atom is -0.490 e. The van der Waals surface area contributed by atoms with Crippen molar-refractivity contribution in [2.75, 3.05) is 0 Å². The molecule has 0 radical (unpaired) electrons. The summed E-state index contributed by atoms with van der Waals surface area (Å²) in [5.74, 6) is 1.64. The predicted octanol–water partition coefficient (Wildman–Crippen LogP) is 3.98. The van der Waals surface area contributed by atoms with Crippen molar-refractivity contribution in [3.8, 4) is 5.75 Å². The van der Waals surface area contributed by atoms with Crippen LogP contribution in [0.5, 0.6) is 5.75 Å². The van der Waals surface area contributed by atoms with E-state index in [1.165, 1.54) is 24.8 Å². The van der Waals surface area contributed by atoms with Crippen LogP contribution in [0, 0.1) is 19.8 Å². The third-order valence-electron chi connectivity index (χ3n) is 6.11. The van der Waals surface area contributed by atoms with Crippen molar-refractivity contribution >= 4 is 11.6 Å². The molecule has 0 spiro atoms. The second-order valence-electron chi connectivity index (χ2n) is 8.16. The molecule has 0 saturated heterocycles. The molecule has 1 saturated carbocycles. The Bertz CT molecular complexity index is 1070. The second kappa shape index (κ2) is 6.66. The summed E-state index contributed by atoms with van der Waals surface area (Å²) in [5, 5.41) is 3.06. The van der Waals surface area contributed by atoms with Crippen molar-refractivity contribution in [3.63, 3.8) is 0 Å². The second-order valence-corrected chi connectivity index (χ2v) is 8.16. The van der Waals surface area contributed by atoms with E-state index in [0.717, 1.165) is 40.6 Å². The summed E-state index contributed by atoms with van der Waals surface area (Å²) < 4.78 is 8.00. The summed E-state index contributed by atoms with van der Waals surface area (Å²) in [6.45, 7) is 4.39. The van der Waals surface area contributed by atoms with Gasteiger partial charge in [0.2, 0.25) is 0 Å². The molecule has 1 atom stereocenters. The molecule has 5 nitrogen and oxygen atoms in total. The third-order valence-corrected chi connectivity index (χ3v) is 6.11. The number of pyridine rings is 1. The fourth-order valence-electron chi connectivity index (χ4n) is 4.32. The summed E-state index contributed by atoms with van der Waals surface area (Å²) in [4.78, 5) is 17.4. The average Bonchev–Trinajstić information content (AvgIpc) is 3.17. The average molecular weight is 375 g/mol. The number of benzene rings is 1. The lowest BCUT2D eigenvalue weighted by Gasteiger charge is -2.30. The molecule has 1 amide bonds. The number of hydrogen-bond acceptors (Lipinski definition) is 3. The van der Waals surface area contributed by atoms with Gasteiger partial charge in [-0.05, 0) is 61.4 Å². The van der Waals surface area contributed by atoms with Crippen LogP contribution in [0.4, 0.5) is 0 Å². The number of carbonyl (C=O) groups is 1. The Labute approximate surface area is 164 Å². The van der Waals surface area contributed by atoms with Crippen molar-refractivity contribution in [2.45, 2.75) is 52.2 Å². The molecule has 2 aliphatic rings. The van der Waals surface area contributed by atoms with Crippen molar-refractivity contribution < 1.29 is 9.53 Å². The van der Waals surface area contributed by atoms with Crippen LogP contribution in [-0.2, 0) is 13.0 Å². The topological polar surface area (TPSA) is 55.6 Å². The maximum absolute atomic E-state index is 12.9. The molecule has 28 heavy (non-hydrogen) atoms. The van der Waals surface area contributed by atoms with E-state index in [1.807, 2.05) is 42.6 Å². The molecule has 3 heterocycles. The van der Waals surface area contributed by atoms with Gasteiger partial charge in [0.05, 0.1) is 5.69 Å². The number of imidazole rings is 1. The van der Waals surface area contributed by atoms with Gasteiger partial charge in [0, 0.05) is 19.2 Å². The first-order chi connectivity index (χ1) is 13.6. The maximum atomic E-state index is 12.9. The molecule has 2 aromatic heterocycles. The van der Waals surface area contributed by atoms with Crippen molar-refractivity contribution in [3.05, 3.63) is 64.6 Å². The summed E-state index contributed by atoms with van der Waals surface area (Å²) in [6, 6.07) is 10.2. The lowest BCUT2D eigenvalue weighted by molar-refractivity contribution is 0.0944. The largest absolute Gasteiger partial charge is 0.490 e. The number of nitrogens with zero attached hydrogens (tertiary/aromatic N) is 2. The fourth-order valence-corrected chi connectivity index (χ4v) is 4.32. The number of ether oxygens (including phenoxy) is 1. The van der Waals surface area contributed by atoms with Crippen LogP contribution in [0.2, 0.25) is 0 Å². The third kappa shape index (κ3) is 2.95. The van der Waals surface area contributed by atoms with Crippen LogP contribution < -0.4 is 10.1 Å². The Morgan fingerprint density at radius 1 is 1.25 bits per heavy atom. The summed E-state index contributed by atoms with van der Waals surface area (Å²) in [7, 11) is 0. The van der Waals surface area contributed by atoms with Gasteiger partial charge in [-0.15, -0.1) is 0 Å². The zero-order valence-electron chi connectivity index (χ0n) is 16.4. The fraction of sp³-hybridized carbons (Fsp3) is 0.391. The van der Waals surface area contributed by atoms with E-state index in [4.69, 9.17) is 4.74 Å². The quantitative estimate of drug-likeness (QED) is 0.750. The first-order valence-corrected chi connectivity index (χ1v) is 10.1. The van der Waals surface area contributed by atoms with E-state index in [-0.39, 0.29) is 5.91 Å². The Balaban J connectivity index is 1.30. The predicted molar refractivity (Wildman–Crippen MR) is 108 cm³/mol. The number of aromatic nitrogens is 2. The monoisotopic (exact) mass is 375 g/mol. The van der Waals surface area contributed by atoms with Gasteiger partial charge in [0.1, 0.15) is 23.2 Å². The first-order valence-electron chi connectivity index (χ1n) is 10.1. The molecule has 5 rings (SSSR count). The highest BCUT2D eigenvalue weighted by molar-refractivity contribution is 5.94. The minimum atomic E-state index is -0.0975. The molecule has 1 unspecified atom stereocenters. The number of fused-ring (bicyclic) bond motifs is 2. The summed E-state index contributed by atoms with van der Waals surface area (Å²) in [5.41, 5.74) is 5.61. The number of carbonyl (C=O) groups excluding carboxylic acids is 1. The molecular weight excluding hydrogens is 350 g/mol. The lowest BCUT2D eigenvalue weighted by Crippen LogP contribution is -2.30. The van der Waals surface area contributed by atoms with Gasteiger partial charge in [0.25, 0.3) is 5.91 Å². The molecule has 1 aromatic carbocycles. The van der Waals surface area contributed by atoms with Gasteiger partial charge in [-0.25, -0.2) is 4.98 Å². The van der Waals surface area contributed by atoms with Gasteiger partial charge in [-0.3, -0.25) is 9.20 Å². The number of hydrogen-bond donors (Lipinski definition) is 1. The van der Waals surface area contributed by atoms with Crippen LogP contribution in [0.3, 0.4) is 0 Å². The van der Waals surface area contributed by atoms with Gasteiger partial charge in [-0.1, -0.05) is 24.6 Å². The smallest absolute Gasteiger partial charge is 0.270 e. The molecule has 1 N–H and O–H groups in total. The molecule has 1 aliphatic heterocycles. The highest BCUT2D eigenvalue weighted by Gasteiger charge is 2.33. The standard InChI is InChI=1S/C23H25N3O2/c1-14-6-9-21-25-15(2)22(26(21)13-14)23(27)24-12-16-7-8-19-18(10-16)11-20(28-19)17-4-3-5-17/h6-10,13,17,20H,3-5,11-12H2,1-2H3,(H,24,27). The van der Waals surface area contributed by atoms with Crippen LogP contribution >= 0.6 is 0 Å². The number of amides is 1. The zero-order chi connectivity index (χ0) is 19.3. The van der Waals surface area contributed by atoms with E-state index in [0.29, 0.717) is 18.3 Å². The van der Waals surface area contributed by atoms with E-state index >= 15 is 0 Å². The van der Waals surface area contributed by atoms with E-state index in [1.54, 1.807) is 0 Å². The van der Waals surface area contributed by atoms with E-state index < -0.39 is 0 Å². The van der Waals surface area contributed by atoms with Gasteiger partial charge >= 0.3 is 0 Å².